The van der Waals surface area contributed by atoms with Crippen LogP contribution in [0.3, 0.4) is 0 Å². The highest BCUT2D eigenvalue weighted by Gasteiger charge is 2.52. The van der Waals surface area contributed by atoms with E-state index < -0.39 is 0 Å². The number of nitrogens with zero attached hydrogens (tertiary/aromatic N) is 8. The summed E-state index contributed by atoms with van der Waals surface area (Å²) in [6.07, 6.45) is 7.51. The van der Waals surface area contributed by atoms with E-state index >= 15 is 0 Å². The first-order valence-electron chi connectivity index (χ1n) is 12.3. The Balaban J connectivity index is 1.33. The molecule has 38 heavy (non-hydrogen) atoms. The molecular weight excluding hydrogens is 476 g/mol. The number of rotatable bonds is 6. The van der Waals surface area contributed by atoms with Crippen molar-refractivity contribution in [1.82, 2.24) is 51.2 Å². The number of hydrogen-bond acceptors (Lipinski definition) is 8. The number of nitrogens with one attached hydrogen (secondary N) is 2. The van der Waals surface area contributed by atoms with Crippen LogP contribution in [0.1, 0.15) is 45.9 Å². The van der Waals surface area contributed by atoms with Gasteiger partial charge in [-0.15, -0.1) is 20.4 Å². The largest absolute Gasteiger partial charge is 0.265 e. The lowest BCUT2D eigenvalue weighted by molar-refractivity contribution is 0.228. The van der Waals surface area contributed by atoms with E-state index in [2.05, 4.69) is 124 Å². The minimum Gasteiger partial charge on any atom is -0.265 e. The summed E-state index contributed by atoms with van der Waals surface area (Å²) in [5.41, 5.74) is 6.92. The molecule has 1 fully saturated rings. The maximum atomic E-state index is 4.29. The molecule has 2 N–H and O–H groups in total. The third kappa shape index (κ3) is 3.83. The molecule has 0 bridgehead atoms. The average molecular weight is 499 g/mol. The Morgan fingerprint density at radius 3 is 1.08 bits per heavy atom. The summed E-state index contributed by atoms with van der Waals surface area (Å²) >= 11 is 0. The number of hydrogen-bond donors (Lipinski definition) is 2. The first-order valence-corrected chi connectivity index (χ1v) is 12.3. The van der Waals surface area contributed by atoms with E-state index in [-0.39, 0.29) is 23.7 Å². The molecule has 6 aromatic rings. The molecule has 0 spiro atoms. The summed E-state index contributed by atoms with van der Waals surface area (Å²) in [4.78, 5) is 8.57. The second-order valence-corrected chi connectivity index (χ2v) is 9.38. The predicted molar refractivity (Wildman–Crippen MR) is 139 cm³/mol. The molecule has 0 aliphatic heterocycles. The van der Waals surface area contributed by atoms with Crippen LogP contribution in [0.2, 0.25) is 0 Å². The Morgan fingerprint density at radius 1 is 0.421 bits per heavy atom. The van der Waals surface area contributed by atoms with Crippen LogP contribution in [-0.2, 0) is 0 Å². The van der Waals surface area contributed by atoms with Gasteiger partial charge in [0, 0.05) is 35.9 Å². The average Bonchev–Trinajstić information content (AvgIpc) is 3.70. The van der Waals surface area contributed by atoms with Gasteiger partial charge in [-0.3, -0.25) is 9.97 Å². The van der Waals surface area contributed by atoms with Crippen LogP contribution in [-0.4, -0.2) is 51.2 Å². The number of H-pyrrole nitrogens is 2. The van der Waals surface area contributed by atoms with Gasteiger partial charge in [-0.2, -0.15) is 10.4 Å². The molecule has 1 saturated carbocycles. The van der Waals surface area contributed by atoms with E-state index in [1.54, 1.807) is 0 Å². The molecule has 0 amide bonds. The fraction of sp³-hybridized carbons (Fsp3) is 0.143. The Labute approximate surface area is 217 Å². The number of pyridine rings is 2. The van der Waals surface area contributed by atoms with Crippen LogP contribution in [0, 0.1) is 0 Å². The molecule has 0 unspecified atom stereocenters. The van der Waals surface area contributed by atoms with Crippen LogP contribution in [0.25, 0.3) is 22.8 Å². The van der Waals surface area contributed by atoms with Crippen molar-refractivity contribution in [2.24, 2.45) is 0 Å². The zero-order valence-electron chi connectivity index (χ0n) is 20.1. The minimum absolute atomic E-state index is 0.251. The van der Waals surface area contributed by atoms with Gasteiger partial charge in [0.05, 0.1) is 0 Å². The van der Waals surface area contributed by atoms with Crippen LogP contribution in [0.5, 0.6) is 0 Å². The number of benzene rings is 2. The molecule has 1 aliphatic rings. The highest BCUT2D eigenvalue weighted by Crippen LogP contribution is 2.66. The monoisotopic (exact) mass is 498 g/mol. The van der Waals surface area contributed by atoms with Crippen molar-refractivity contribution < 1.29 is 0 Å². The lowest BCUT2D eigenvalue weighted by atomic mass is 9.49. The maximum Gasteiger partial charge on any atom is 0.204 e. The Morgan fingerprint density at radius 2 is 0.763 bits per heavy atom. The zero-order valence-corrected chi connectivity index (χ0v) is 20.1. The van der Waals surface area contributed by atoms with Gasteiger partial charge in [-0.1, -0.05) is 48.5 Å². The molecule has 10 nitrogen and oxygen atoms in total. The Kier molecular flexibility index (Phi) is 5.47. The summed E-state index contributed by atoms with van der Waals surface area (Å²) in [6, 6.07) is 25.6. The fourth-order valence-corrected chi connectivity index (χ4v) is 5.86. The molecule has 184 valence electrons. The van der Waals surface area contributed by atoms with Crippen LogP contribution in [0.15, 0.2) is 97.6 Å². The minimum atomic E-state index is 0.251. The third-order valence-electron chi connectivity index (χ3n) is 7.53. The molecule has 4 heterocycles. The van der Waals surface area contributed by atoms with E-state index in [1.165, 1.54) is 22.3 Å². The third-order valence-corrected chi connectivity index (χ3v) is 7.53. The Hall–Kier alpha value is -5.12. The standard InChI is InChI=1S/C28H22N10/c1-5-21(27-31-35-36-32-27)6-2-17(1)23-25(19-9-13-29-14-10-19)24(26(23)20-11-15-30-16-12-20)18-3-7-22(8-4-18)28-33-37-38-34-28/h1-16,23-26H,(H,31,32,35,36)(H,33,34,37,38). The second kappa shape index (κ2) is 9.40. The predicted octanol–water partition coefficient (Wildman–Crippen LogP) is 4.29. The lowest BCUT2D eigenvalue weighted by Crippen LogP contribution is -2.40. The van der Waals surface area contributed by atoms with Crippen molar-refractivity contribution in [3.05, 3.63) is 120 Å². The summed E-state index contributed by atoms with van der Waals surface area (Å²) in [6.45, 7) is 0. The molecule has 1 aliphatic carbocycles. The number of tetrazole rings is 2. The van der Waals surface area contributed by atoms with E-state index in [9.17, 15) is 0 Å². The molecule has 7 rings (SSSR count). The van der Waals surface area contributed by atoms with Gasteiger partial charge < -0.3 is 0 Å². The van der Waals surface area contributed by atoms with Crippen molar-refractivity contribution in [2.75, 3.05) is 0 Å². The van der Waals surface area contributed by atoms with Crippen molar-refractivity contribution >= 4 is 0 Å². The van der Waals surface area contributed by atoms with E-state index in [0.29, 0.717) is 11.6 Å². The van der Waals surface area contributed by atoms with Gasteiger partial charge >= 0.3 is 0 Å². The summed E-state index contributed by atoms with van der Waals surface area (Å²) in [5.74, 6) is 2.18. The molecule has 2 aromatic carbocycles. The molecule has 0 atom stereocenters. The van der Waals surface area contributed by atoms with E-state index in [0.717, 1.165) is 11.1 Å². The fourth-order valence-electron chi connectivity index (χ4n) is 5.86. The SMILES string of the molecule is c1cc(C2C(c3ccc(-c4nn[nH]n4)cc3)C(c3ccncc3)C2c2ccc(-c3nn[nH]n3)cc2)ccn1. The van der Waals surface area contributed by atoms with Gasteiger partial charge in [0.2, 0.25) is 11.6 Å². The molecule has 10 heteroatoms. The summed E-state index contributed by atoms with van der Waals surface area (Å²) in [5, 5.41) is 28.9. The summed E-state index contributed by atoms with van der Waals surface area (Å²) in [7, 11) is 0. The van der Waals surface area contributed by atoms with Crippen molar-refractivity contribution in [3.63, 3.8) is 0 Å². The smallest absolute Gasteiger partial charge is 0.204 e. The highest BCUT2D eigenvalue weighted by molar-refractivity contribution is 5.58. The molecule has 0 saturated heterocycles. The molecular formula is C28H22N10. The van der Waals surface area contributed by atoms with Crippen LogP contribution >= 0.6 is 0 Å². The highest BCUT2D eigenvalue weighted by atomic mass is 15.5. The van der Waals surface area contributed by atoms with Gasteiger partial charge in [-0.05, 0) is 80.6 Å². The van der Waals surface area contributed by atoms with Crippen molar-refractivity contribution in [2.45, 2.75) is 23.7 Å². The normalized spacial score (nSPS) is 20.6. The van der Waals surface area contributed by atoms with Crippen LogP contribution in [0.4, 0.5) is 0 Å². The number of aromatic nitrogens is 10. The maximum absolute atomic E-state index is 4.29. The van der Waals surface area contributed by atoms with Gasteiger partial charge in [0.25, 0.3) is 0 Å². The molecule has 4 aromatic heterocycles. The topological polar surface area (TPSA) is 135 Å². The van der Waals surface area contributed by atoms with E-state index in [1.807, 2.05) is 24.8 Å². The van der Waals surface area contributed by atoms with Gasteiger partial charge in [0.15, 0.2) is 0 Å². The Bertz CT molecular complexity index is 1470. The number of aromatic amines is 2. The van der Waals surface area contributed by atoms with Gasteiger partial charge in [0.1, 0.15) is 0 Å². The van der Waals surface area contributed by atoms with Crippen molar-refractivity contribution in [3.8, 4) is 22.8 Å². The second-order valence-electron chi connectivity index (χ2n) is 9.38. The first-order chi connectivity index (χ1) is 18.9. The quantitative estimate of drug-likeness (QED) is 0.347. The van der Waals surface area contributed by atoms with E-state index in [4.69, 9.17) is 0 Å². The lowest BCUT2D eigenvalue weighted by Gasteiger charge is -2.53. The molecule has 0 radical (unpaired) electrons. The first kappa shape index (κ1) is 22.1. The van der Waals surface area contributed by atoms with Crippen LogP contribution < -0.4 is 0 Å². The summed E-state index contributed by atoms with van der Waals surface area (Å²) < 4.78 is 0. The van der Waals surface area contributed by atoms with Gasteiger partial charge in [-0.25, -0.2) is 0 Å². The van der Waals surface area contributed by atoms with Crippen molar-refractivity contribution in [1.29, 1.82) is 0 Å². The zero-order chi connectivity index (χ0) is 25.3.